The van der Waals surface area contributed by atoms with E-state index in [9.17, 15) is 0 Å². The van der Waals surface area contributed by atoms with Gasteiger partial charge in [-0.15, -0.1) is 0 Å². The number of nitrogens with zero attached hydrogens (tertiary/aromatic N) is 2. The molecule has 2 aliphatic rings. The smallest absolute Gasteiger partial charge is 0.266 e. The molecule has 7 aromatic rings. The van der Waals surface area contributed by atoms with Crippen LogP contribution in [0, 0.1) is 0 Å². The maximum absolute atomic E-state index is 15.9. The lowest BCUT2D eigenvalue weighted by Gasteiger charge is -2.27. The monoisotopic (exact) mass is 1030 g/mol. The summed E-state index contributed by atoms with van der Waals surface area (Å²) in [5.74, 6) is 3.28. The number of amides is 2. The second-order valence-corrected chi connectivity index (χ2v) is 23.7. The summed E-state index contributed by atoms with van der Waals surface area (Å²) in [4.78, 5) is 37.6. The maximum atomic E-state index is 15.9. The lowest BCUT2D eigenvalue weighted by atomic mass is 9.81. The number of fused-ring (bicyclic) bond motifs is 14. The number of para-hydroxylation sites is 1. The predicted molar refractivity (Wildman–Crippen MR) is 306 cm³/mol. The van der Waals surface area contributed by atoms with E-state index in [4.69, 9.17) is 28.4 Å². The summed E-state index contributed by atoms with van der Waals surface area (Å²) >= 11 is 0. The van der Waals surface area contributed by atoms with Crippen LogP contribution < -0.4 is 33.3 Å². The second-order valence-electron chi connectivity index (χ2n) is 23.7. The molecule has 0 fully saturated rings. The highest BCUT2D eigenvalue weighted by Crippen LogP contribution is 2.44. The van der Waals surface area contributed by atoms with Crippen LogP contribution in [-0.2, 0) is 54.8 Å². The number of hydrogen-bond acceptors (Lipinski definition) is 9. The van der Waals surface area contributed by atoms with E-state index in [-0.39, 0.29) is 33.2 Å². The Balaban J connectivity index is 1.46. The molecule has 10 heteroatoms. The van der Waals surface area contributed by atoms with Crippen molar-refractivity contribution >= 4 is 17.6 Å². The molecular weight excluding hydrogens is 961 g/mol. The van der Waals surface area contributed by atoms with Crippen LogP contribution in [0.5, 0.6) is 34.5 Å². The van der Waals surface area contributed by atoms with Crippen molar-refractivity contribution in [3.05, 3.63) is 198 Å². The minimum atomic E-state index is -0.541. The lowest BCUT2D eigenvalue weighted by Crippen LogP contribution is -2.38. The predicted octanol–water partition coefficient (Wildman–Crippen LogP) is 13.7. The molecule has 1 aromatic heterocycles. The van der Waals surface area contributed by atoms with Gasteiger partial charge in [0.05, 0.1) is 42.7 Å². The molecule has 9 rings (SSSR count). The van der Waals surface area contributed by atoms with E-state index in [0.29, 0.717) is 55.8 Å². The van der Waals surface area contributed by atoms with E-state index in [1.165, 1.54) is 4.90 Å². The third kappa shape index (κ3) is 10.6. The van der Waals surface area contributed by atoms with Gasteiger partial charge in [0.1, 0.15) is 40.3 Å². The Bertz CT molecular complexity index is 3240. The fourth-order valence-electron chi connectivity index (χ4n) is 11.4. The number of carbonyl (C=O) groups excluding carboxylic acids is 2. The van der Waals surface area contributed by atoms with Gasteiger partial charge >= 0.3 is 0 Å². The molecule has 0 atom stereocenters. The Morgan fingerprint density at radius 2 is 0.610 bits per heavy atom. The normalized spacial score (nSPS) is 13.9. The summed E-state index contributed by atoms with van der Waals surface area (Å²) in [6.45, 7) is 19.9. The number of carbonyl (C=O) groups is 2. The first kappa shape index (κ1) is 54.2. The zero-order valence-electron chi connectivity index (χ0n) is 47.7. The summed E-state index contributed by atoms with van der Waals surface area (Å²) < 4.78 is 38.9. The number of anilines is 1. The molecule has 0 N–H and O–H groups in total. The molecule has 3 heterocycles. The van der Waals surface area contributed by atoms with Crippen LogP contribution >= 0.6 is 0 Å². The fraction of sp³-hybridized carbons (Fsp3) is 0.358. The largest absolute Gasteiger partial charge is 0.496 e. The SMILES string of the molecule is COc1c2cccc1Cc1cc(C(C)(C)C)cc(c1OC)Cc1cc3cc(c1OC)Cc1cc(C(C)(C)C)cc(c1OC)Cc1cc(cc(c1OC)Cc1cc(C(C)(C)C)cc(c1OC)C2)C(=O)N(c1ccccn1)C3=O. The van der Waals surface area contributed by atoms with Gasteiger partial charge < -0.3 is 28.4 Å². The Labute approximate surface area is 455 Å². The summed E-state index contributed by atoms with van der Waals surface area (Å²) in [7, 11) is 10.2. The van der Waals surface area contributed by atoms with E-state index in [2.05, 4.69) is 122 Å². The van der Waals surface area contributed by atoms with Gasteiger partial charge in [-0.3, -0.25) is 9.59 Å². The number of benzene rings is 6. The highest BCUT2D eigenvalue weighted by Gasteiger charge is 2.33. The molecule has 2 aliphatic heterocycles. The van der Waals surface area contributed by atoms with Crippen molar-refractivity contribution in [1.82, 2.24) is 4.98 Å². The number of aromatic nitrogens is 1. The van der Waals surface area contributed by atoms with E-state index in [0.717, 1.165) is 101 Å². The molecule has 14 bridgehead atoms. The third-order valence-electron chi connectivity index (χ3n) is 15.3. The van der Waals surface area contributed by atoms with Crippen molar-refractivity contribution in [2.24, 2.45) is 0 Å². The van der Waals surface area contributed by atoms with Crippen molar-refractivity contribution in [2.75, 3.05) is 47.6 Å². The number of methoxy groups -OCH3 is 6. The average molecular weight is 1040 g/mol. The van der Waals surface area contributed by atoms with Crippen LogP contribution in [0.25, 0.3) is 0 Å². The number of ether oxygens (including phenoxy) is 6. The van der Waals surface area contributed by atoms with Crippen LogP contribution in [0.1, 0.15) is 166 Å². The van der Waals surface area contributed by atoms with Crippen molar-refractivity contribution in [3.8, 4) is 34.5 Å². The lowest BCUT2D eigenvalue weighted by molar-refractivity contribution is 0.0896. The second kappa shape index (κ2) is 21.1. The van der Waals surface area contributed by atoms with E-state index in [1.807, 2.05) is 24.3 Å². The topological polar surface area (TPSA) is 106 Å². The highest BCUT2D eigenvalue weighted by molar-refractivity contribution is 6.25. The fourth-order valence-corrected chi connectivity index (χ4v) is 11.4. The van der Waals surface area contributed by atoms with Gasteiger partial charge in [-0.25, -0.2) is 9.88 Å². The van der Waals surface area contributed by atoms with Crippen molar-refractivity contribution < 1.29 is 38.0 Å². The third-order valence-corrected chi connectivity index (χ3v) is 15.3. The maximum Gasteiger partial charge on any atom is 0.266 e. The Hall–Kier alpha value is -7.59. The average Bonchev–Trinajstić information content (AvgIpc) is 3.39. The minimum Gasteiger partial charge on any atom is -0.496 e. The first-order valence-corrected chi connectivity index (χ1v) is 26.5. The summed E-state index contributed by atoms with van der Waals surface area (Å²) in [6.07, 6.45) is 3.94. The number of imide groups is 1. The van der Waals surface area contributed by atoms with Crippen LogP contribution in [0.3, 0.4) is 0 Å². The van der Waals surface area contributed by atoms with Crippen LogP contribution in [0.15, 0.2) is 103 Å². The van der Waals surface area contributed by atoms with E-state index >= 15 is 9.59 Å². The van der Waals surface area contributed by atoms with Gasteiger partial charge in [-0.05, 0) is 136 Å². The molecule has 2 amide bonds. The molecule has 0 saturated heterocycles. The van der Waals surface area contributed by atoms with Crippen molar-refractivity contribution in [2.45, 2.75) is 117 Å². The van der Waals surface area contributed by atoms with Gasteiger partial charge in [0.15, 0.2) is 0 Å². The molecule has 0 aliphatic carbocycles. The van der Waals surface area contributed by atoms with Crippen LogP contribution in [0.4, 0.5) is 5.82 Å². The standard InChI is InChI=1S/C67H74N2O8/c1-65(2,3)53-33-45-23-39-19-18-20-40(57(39)72-10)24-46-34-54(66(4,5)6)36-48(61(46)76-14)26-42-30-52-32-44(59(42)74-12)28-50-38-55(67(7,8)9)37-49(62(50)77-15)27-43-31-51(63(70)69(64(52)71)56-21-16-17-22-68-56)29-41(58(43)73-11)25-47(35-53)60(45)75-13/h16-22,29-38H,23-28H2,1-15H3. The van der Waals surface area contributed by atoms with Gasteiger partial charge in [0.2, 0.25) is 0 Å². The quantitative estimate of drug-likeness (QED) is 0.144. The van der Waals surface area contributed by atoms with Gasteiger partial charge in [0.25, 0.3) is 11.8 Å². The summed E-state index contributed by atoms with van der Waals surface area (Å²) in [6, 6.07) is 32.4. The van der Waals surface area contributed by atoms with Crippen LogP contribution in [0.2, 0.25) is 0 Å². The molecule has 77 heavy (non-hydrogen) atoms. The molecule has 10 nitrogen and oxygen atoms in total. The Morgan fingerprint density at radius 1 is 0.351 bits per heavy atom. The summed E-state index contributed by atoms with van der Waals surface area (Å²) in [5, 5.41) is 0. The molecular formula is C67H74N2O8. The molecule has 0 unspecified atom stereocenters. The Kier molecular flexibility index (Phi) is 14.8. The number of hydrogen-bond donors (Lipinski definition) is 0. The van der Waals surface area contributed by atoms with Gasteiger partial charge in [-0.1, -0.05) is 123 Å². The molecule has 400 valence electrons. The molecule has 6 aromatic carbocycles. The highest BCUT2D eigenvalue weighted by atomic mass is 16.5. The first-order valence-electron chi connectivity index (χ1n) is 26.5. The molecule has 0 spiro atoms. The van der Waals surface area contributed by atoms with Crippen LogP contribution in [-0.4, -0.2) is 59.5 Å². The molecule has 0 radical (unpaired) electrons. The zero-order chi connectivity index (χ0) is 55.3. The number of rotatable bonds is 7. The zero-order valence-corrected chi connectivity index (χ0v) is 47.7. The van der Waals surface area contributed by atoms with Crippen molar-refractivity contribution in [1.29, 1.82) is 0 Å². The van der Waals surface area contributed by atoms with Crippen molar-refractivity contribution in [3.63, 3.8) is 0 Å². The van der Waals surface area contributed by atoms with Gasteiger partial charge in [-0.2, -0.15) is 0 Å². The minimum absolute atomic E-state index is 0.190. The van der Waals surface area contributed by atoms with E-state index in [1.54, 1.807) is 67.1 Å². The molecule has 0 saturated carbocycles. The first-order chi connectivity index (χ1) is 36.6. The van der Waals surface area contributed by atoms with E-state index < -0.39 is 11.8 Å². The van der Waals surface area contributed by atoms with Gasteiger partial charge in [0, 0.05) is 55.8 Å². The number of pyridine rings is 1. The summed E-state index contributed by atoms with van der Waals surface area (Å²) in [5.41, 5.74) is 13.8. The Morgan fingerprint density at radius 3 is 0.857 bits per heavy atom.